The lowest BCUT2D eigenvalue weighted by molar-refractivity contribution is -0.381. The van der Waals surface area contributed by atoms with Crippen LogP contribution in [0.4, 0.5) is 39.5 Å². The SMILES string of the molecule is OSC(F)(F)C(F)(F)C(F)(F)C(F)(F)F. The van der Waals surface area contributed by atoms with E-state index in [-0.39, 0.29) is 0 Å². The molecule has 1 N–H and O–H groups in total. The van der Waals surface area contributed by atoms with Gasteiger partial charge in [-0.1, -0.05) is 0 Å². The van der Waals surface area contributed by atoms with Crippen molar-refractivity contribution < 1.29 is 44.1 Å². The van der Waals surface area contributed by atoms with Gasteiger partial charge in [-0.15, -0.1) is 0 Å². The third kappa shape index (κ3) is 2.12. The summed E-state index contributed by atoms with van der Waals surface area (Å²) in [6, 6.07) is 0. The maximum absolute atomic E-state index is 12.1. The highest BCUT2D eigenvalue weighted by Gasteiger charge is 2.82. The molecular weight excluding hydrogens is 267 g/mol. The van der Waals surface area contributed by atoms with Crippen LogP contribution in [0.15, 0.2) is 0 Å². The average molecular weight is 268 g/mol. The largest absolute Gasteiger partial charge is 0.460 e. The molecule has 0 heterocycles. The summed E-state index contributed by atoms with van der Waals surface area (Å²) in [6.07, 6.45) is -6.85. The minimum Gasteiger partial charge on any atom is -0.325 e. The van der Waals surface area contributed by atoms with E-state index in [4.69, 9.17) is 4.55 Å². The van der Waals surface area contributed by atoms with Crippen LogP contribution in [0, 0.1) is 0 Å². The Morgan fingerprint density at radius 3 is 1.20 bits per heavy atom. The van der Waals surface area contributed by atoms with Crippen LogP contribution in [0.3, 0.4) is 0 Å². The zero-order valence-corrected chi connectivity index (χ0v) is 7.07. The van der Waals surface area contributed by atoms with Crippen molar-refractivity contribution in [2.45, 2.75) is 23.3 Å². The molecule has 0 saturated carbocycles. The van der Waals surface area contributed by atoms with Gasteiger partial charge in [0.25, 0.3) is 0 Å². The fraction of sp³-hybridized carbons (Fsp3) is 1.00. The summed E-state index contributed by atoms with van der Waals surface area (Å²) in [7, 11) is 0. The van der Waals surface area contributed by atoms with Gasteiger partial charge < -0.3 is 4.55 Å². The molecule has 0 spiro atoms. The minimum atomic E-state index is -6.95. The van der Waals surface area contributed by atoms with Crippen molar-refractivity contribution in [3.05, 3.63) is 0 Å². The van der Waals surface area contributed by atoms with E-state index in [1.165, 1.54) is 0 Å². The summed E-state index contributed by atoms with van der Waals surface area (Å²) >= 11 is -2.09. The molecule has 0 aliphatic heterocycles. The van der Waals surface area contributed by atoms with Crippen LogP contribution in [0.5, 0.6) is 0 Å². The van der Waals surface area contributed by atoms with Gasteiger partial charge in [0.2, 0.25) is 0 Å². The van der Waals surface area contributed by atoms with E-state index >= 15 is 0 Å². The predicted octanol–water partition coefficient (Wildman–Crippen LogP) is 3.62. The first-order chi connectivity index (χ1) is 6.31. The molecule has 1 nitrogen and oxygen atoms in total. The average Bonchev–Trinajstić information content (AvgIpc) is 2.01. The topological polar surface area (TPSA) is 20.2 Å². The molecule has 15 heavy (non-hydrogen) atoms. The van der Waals surface area contributed by atoms with E-state index in [9.17, 15) is 39.5 Å². The van der Waals surface area contributed by atoms with E-state index in [1.54, 1.807) is 0 Å². The third-order valence-electron chi connectivity index (χ3n) is 1.23. The number of rotatable bonds is 3. The second kappa shape index (κ2) is 3.61. The van der Waals surface area contributed by atoms with Crippen LogP contribution in [-0.2, 0) is 0 Å². The number of halogens is 9. The van der Waals surface area contributed by atoms with Gasteiger partial charge in [0.05, 0.1) is 12.0 Å². The molecule has 0 fully saturated rings. The molecule has 0 aromatic rings. The lowest BCUT2D eigenvalue weighted by Crippen LogP contribution is -2.59. The van der Waals surface area contributed by atoms with Gasteiger partial charge in [-0.3, -0.25) is 0 Å². The van der Waals surface area contributed by atoms with Crippen LogP contribution < -0.4 is 0 Å². The Morgan fingerprint density at radius 1 is 0.667 bits per heavy atom. The molecule has 0 unspecified atom stereocenters. The van der Waals surface area contributed by atoms with E-state index in [0.29, 0.717) is 0 Å². The molecule has 0 bridgehead atoms. The van der Waals surface area contributed by atoms with Crippen LogP contribution >= 0.6 is 12.0 Å². The number of hydrogen-bond donors (Lipinski definition) is 1. The lowest BCUT2D eigenvalue weighted by Gasteiger charge is -2.31. The fourth-order valence-corrected chi connectivity index (χ4v) is 0.661. The molecule has 92 valence electrons. The first-order valence-electron chi connectivity index (χ1n) is 2.84. The summed E-state index contributed by atoms with van der Waals surface area (Å²) in [6.45, 7) is 0. The normalized spacial score (nSPS) is 15.6. The molecule has 0 amide bonds. The maximum Gasteiger partial charge on any atom is 0.460 e. The Morgan fingerprint density at radius 2 is 1.00 bits per heavy atom. The maximum atomic E-state index is 12.1. The molecule has 0 aliphatic rings. The van der Waals surface area contributed by atoms with Gasteiger partial charge >= 0.3 is 23.3 Å². The second-order valence-corrected chi connectivity index (χ2v) is 2.95. The van der Waals surface area contributed by atoms with Gasteiger partial charge in [-0.05, 0) is 0 Å². The zero-order chi connectivity index (χ0) is 12.7. The first-order valence-corrected chi connectivity index (χ1v) is 3.61. The van der Waals surface area contributed by atoms with Crippen molar-refractivity contribution in [2.75, 3.05) is 0 Å². The highest BCUT2D eigenvalue weighted by atomic mass is 32.2. The molecule has 0 aromatic heterocycles. The van der Waals surface area contributed by atoms with Gasteiger partial charge in [0.1, 0.15) is 0 Å². The standard InChI is InChI=1S/C4HF9OS/c5-1(6,3(9,10)11)2(7,8)4(12,13)15-14/h14H. The van der Waals surface area contributed by atoms with Crippen molar-refractivity contribution in [3.8, 4) is 0 Å². The second-order valence-electron chi connectivity index (χ2n) is 2.25. The molecular formula is C4HF9OS. The monoisotopic (exact) mass is 268 g/mol. The molecule has 0 aromatic carbocycles. The number of alkyl halides is 9. The van der Waals surface area contributed by atoms with Crippen molar-refractivity contribution >= 4 is 12.0 Å². The summed E-state index contributed by atoms with van der Waals surface area (Å²) < 4.78 is 113. The highest BCUT2D eigenvalue weighted by molar-refractivity contribution is 7.94. The van der Waals surface area contributed by atoms with Crippen molar-refractivity contribution in [1.29, 1.82) is 0 Å². The lowest BCUT2D eigenvalue weighted by atomic mass is 10.1. The van der Waals surface area contributed by atoms with Crippen molar-refractivity contribution in [3.63, 3.8) is 0 Å². The van der Waals surface area contributed by atoms with Gasteiger partial charge in [-0.2, -0.15) is 39.5 Å². The summed E-state index contributed by atoms with van der Waals surface area (Å²) in [5.74, 6) is -13.7. The van der Waals surface area contributed by atoms with Gasteiger partial charge in [0.15, 0.2) is 0 Å². The minimum absolute atomic E-state index is 2.09. The third-order valence-corrected chi connectivity index (χ3v) is 1.72. The van der Waals surface area contributed by atoms with E-state index in [1.807, 2.05) is 0 Å². The summed E-state index contributed by atoms with van der Waals surface area (Å²) in [5, 5.41) is -5.95. The Labute approximate surface area is 80.5 Å². The molecule has 0 aliphatic carbocycles. The van der Waals surface area contributed by atoms with Crippen molar-refractivity contribution in [2.24, 2.45) is 0 Å². The molecule has 0 radical (unpaired) electrons. The van der Waals surface area contributed by atoms with Gasteiger partial charge in [-0.25, -0.2) is 0 Å². The predicted molar refractivity (Wildman–Crippen MR) is 31.1 cm³/mol. The van der Waals surface area contributed by atoms with E-state index in [0.717, 1.165) is 0 Å². The van der Waals surface area contributed by atoms with Crippen molar-refractivity contribution in [1.82, 2.24) is 0 Å². The van der Waals surface area contributed by atoms with Crippen LogP contribution in [-0.4, -0.2) is 27.8 Å². The van der Waals surface area contributed by atoms with Crippen LogP contribution in [0.1, 0.15) is 0 Å². The molecule has 0 saturated heterocycles. The van der Waals surface area contributed by atoms with E-state index < -0.39 is 35.3 Å². The quantitative estimate of drug-likeness (QED) is 0.623. The Hall–Kier alpha value is -0.320. The Balaban J connectivity index is 5.38. The highest BCUT2D eigenvalue weighted by Crippen LogP contribution is 2.55. The fourth-order valence-electron chi connectivity index (χ4n) is 0.418. The molecule has 11 heteroatoms. The number of hydrogen-bond acceptors (Lipinski definition) is 2. The first kappa shape index (κ1) is 14.7. The molecule has 0 atom stereocenters. The Bertz CT molecular complexity index is 233. The molecule has 0 rings (SSSR count). The van der Waals surface area contributed by atoms with Gasteiger partial charge in [0, 0.05) is 0 Å². The van der Waals surface area contributed by atoms with Crippen LogP contribution in [0.2, 0.25) is 0 Å². The van der Waals surface area contributed by atoms with Crippen LogP contribution in [0.25, 0.3) is 0 Å². The Kier molecular flexibility index (Phi) is 3.53. The summed E-state index contributed by atoms with van der Waals surface area (Å²) in [5.41, 5.74) is 0. The zero-order valence-electron chi connectivity index (χ0n) is 6.26. The van der Waals surface area contributed by atoms with E-state index in [2.05, 4.69) is 0 Å². The smallest absolute Gasteiger partial charge is 0.325 e. The summed E-state index contributed by atoms with van der Waals surface area (Å²) in [4.78, 5) is 0.